The van der Waals surface area contributed by atoms with Crippen LogP contribution in [0.25, 0.3) is 0 Å². The molecule has 18 heavy (non-hydrogen) atoms. The van der Waals surface area contributed by atoms with E-state index in [0.29, 0.717) is 6.54 Å². The fourth-order valence-corrected chi connectivity index (χ4v) is 1.81. The van der Waals surface area contributed by atoms with Gasteiger partial charge in [-0.2, -0.15) is 0 Å². The van der Waals surface area contributed by atoms with Gasteiger partial charge in [0.1, 0.15) is 5.82 Å². The van der Waals surface area contributed by atoms with Gasteiger partial charge in [-0.25, -0.2) is 4.39 Å². The Bertz CT molecular complexity index is 391. The van der Waals surface area contributed by atoms with E-state index >= 15 is 0 Å². The number of carboxylic acid groups (broad SMARTS) is 1. The smallest absolute Gasteiger partial charge is 0.307 e. The Morgan fingerprint density at radius 2 is 1.89 bits per heavy atom. The van der Waals surface area contributed by atoms with E-state index in [4.69, 9.17) is 5.11 Å². The van der Waals surface area contributed by atoms with Crippen molar-refractivity contribution in [3.8, 4) is 0 Å². The Morgan fingerprint density at radius 1 is 1.33 bits per heavy atom. The van der Waals surface area contributed by atoms with E-state index in [-0.39, 0.29) is 17.8 Å². The van der Waals surface area contributed by atoms with E-state index < -0.39 is 5.97 Å². The second kappa shape index (κ2) is 6.50. The maximum absolute atomic E-state index is 12.8. The van der Waals surface area contributed by atoms with E-state index in [9.17, 15) is 9.18 Å². The molecule has 0 bridgehead atoms. The minimum absolute atomic E-state index is 0.220. The van der Waals surface area contributed by atoms with Crippen molar-refractivity contribution < 1.29 is 14.3 Å². The average Bonchev–Trinajstić information content (AvgIpc) is 2.31. The monoisotopic (exact) mass is 253 g/mol. The maximum atomic E-state index is 12.8. The van der Waals surface area contributed by atoms with Crippen LogP contribution in [0.5, 0.6) is 0 Å². The van der Waals surface area contributed by atoms with Gasteiger partial charge in [0.25, 0.3) is 0 Å². The Hall–Kier alpha value is -1.42. The van der Waals surface area contributed by atoms with Crippen LogP contribution >= 0.6 is 0 Å². The van der Waals surface area contributed by atoms with E-state index in [1.54, 1.807) is 19.1 Å². The summed E-state index contributed by atoms with van der Waals surface area (Å²) in [4.78, 5) is 12.8. The van der Waals surface area contributed by atoms with Crippen LogP contribution in [0.2, 0.25) is 0 Å². The predicted octanol–water partition coefficient (Wildman–Crippen LogP) is 2.41. The zero-order valence-corrected chi connectivity index (χ0v) is 11.1. The summed E-state index contributed by atoms with van der Waals surface area (Å²) in [7, 11) is 1.91. The number of nitrogens with zero attached hydrogens (tertiary/aromatic N) is 1. The highest BCUT2D eigenvalue weighted by Gasteiger charge is 2.17. The topological polar surface area (TPSA) is 40.5 Å². The number of likely N-dealkylation sites (N-methyl/N-ethyl adjacent to an activating group) is 1. The van der Waals surface area contributed by atoms with Gasteiger partial charge in [0.05, 0.1) is 5.92 Å². The second-order valence-electron chi connectivity index (χ2n) is 4.86. The molecule has 0 aliphatic rings. The van der Waals surface area contributed by atoms with Gasteiger partial charge in [0.15, 0.2) is 0 Å². The van der Waals surface area contributed by atoms with Gasteiger partial charge in [-0.3, -0.25) is 4.79 Å². The SMILES string of the molecule is CC(CN(C)C(C)Cc1ccc(F)cc1)C(=O)O. The zero-order valence-electron chi connectivity index (χ0n) is 11.1. The highest BCUT2D eigenvalue weighted by Crippen LogP contribution is 2.10. The van der Waals surface area contributed by atoms with Gasteiger partial charge in [-0.1, -0.05) is 19.1 Å². The fourth-order valence-electron chi connectivity index (χ4n) is 1.81. The van der Waals surface area contributed by atoms with Crippen LogP contribution in [-0.2, 0) is 11.2 Å². The lowest BCUT2D eigenvalue weighted by Crippen LogP contribution is -2.36. The molecule has 1 aromatic carbocycles. The van der Waals surface area contributed by atoms with Gasteiger partial charge in [0, 0.05) is 12.6 Å². The average molecular weight is 253 g/mol. The highest BCUT2D eigenvalue weighted by atomic mass is 19.1. The summed E-state index contributed by atoms with van der Waals surface area (Å²) < 4.78 is 12.8. The molecule has 0 radical (unpaired) electrons. The van der Waals surface area contributed by atoms with Gasteiger partial charge in [-0.05, 0) is 38.1 Å². The van der Waals surface area contributed by atoms with Crippen LogP contribution in [0.1, 0.15) is 19.4 Å². The normalized spacial score (nSPS) is 14.5. The molecule has 100 valence electrons. The van der Waals surface area contributed by atoms with Crippen molar-refractivity contribution in [1.82, 2.24) is 4.90 Å². The first kappa shape index (κ1) is 14.6. The number of halogens is 1. The van der Waals surface area contributed by atoms with Gasteiger partial charge in [-0.15, -0.1) is 0 Å². The minimum Gasteiger partial charge on any atom is -0.481 e. The van der Waals surface area contributed by atoms with E-state index in [2.05, 4.69) is 0 Å². The van der Waals surface area contributed by atoms with Gasteiger partial charge in [0.2, 0.25) is 0 Å². The van der Waals surface area contributed by atoms with Crippen molar-refractivity contribution in [3.63, 3.8) is 0 Å². The number of hydrogen-bond donors (Lipinski definition) is 1. The number of hydrogen-bond acceptors (Lipinski definition) is 2. The molecule has 2 atom stereocenters. The van der Waals surface area contributed by atoms with Crippen LogP contribution in [0.3, 0.4) is 0 Å². The summed E-state index contributed by atoms with van der Waals surface area (Å²) in [6, 6.07) is 6.64. The molecule has 0 aliphatic heterocycles. The third-order valence-corrected chi connectivity index (χ3v) is 3.18. The lowest BCUT2D eigenvalue weighted by molar-refractivity contribution is -0.141. The third kappa shape index (κ3) is 4.45. The van der Waals surface area contributed by atoms with E-state index in [1.807, 2.05) is 18.9 Å². The number of benzene rings is 1. The molecule has 1 N–H and O–H groups in total. The Kier molecular flexibility index (Phi) is 5.28. The summed E-state index contributed by atoms with van der Waals surface area (Å²) in [6.07, 6.45) is 0.781. The van der Waals surface area contributed by atoms with Gasteiger partial charge >= 0.3 is 5.97 Å². The number of aliphatic carboxylic acids is 1. The Balaban J connectivity index is 2.51. The van der Waals surface area contributed by atoms with Crippen molar-refractivity contribution in [1.29, 1.82) is 0 Å². The first-order valence-corrected chi connectivity index (χ1v) is 6.07. The molecular weight excluding hydrogens is 233 g/mol. The van der Waals surface area contributed by atoms with Crippen LogP contribution in [0.15, 0.2) is 24.3 Å². The van der Waals surface area contributed by atoms with Crippen LogP contribution in [0.4, 0.5) is 4.39 Å². The van der Waals surface area contributed by atoms with Crippen molar-refractivity contribution in [2.75, 3.05) is 13.6 Å². The zero-order chi connectivity index (χ0) is 13.7. The van der Waals surface area contributed by atoms with Gasteiger partial charge < -0.3 is 10.0 Å². The van der Waals surface area contributed by atoms with E-state index in [1.165, 1.54) is 12.1 Å². The molecule has 1 rings (SSSR count). The first-order valence-electron chi connectivity index (χ1n) is 6.07. The number of rotatable bonds is 6. The molecule has 0 heterocycles. The molecule has 0 amide bonds. The summed E-state index contributed by atoms with van der Waals surface area (Å²) in [5.41, 5.74) is 1.05. The molecule has 0 spiro atoms. The van der Waals surface area contributed by atoms with Crippen LogP contribution in [0, 0.1) is 11.7 Å². The largest absolute Gasteiger partial charge is 0.481 e. The molecule has 0 saturated heterocycles. The standard InChI is InChI=1S/C14H20FNO2/c1-10(14(17)18)9-16(3)11(2)8-12-4-6-13(15)7-5-12/h4-7,10-11H,8-9H2,1-3H3,(H,17,18). The predicted molar refractivity (Wildman–Crippen MR) is 69.0 cm³/mol. The van der Waals surface area contributed by atoms with Crippen molar-refractivity contribution in [2.24, 2.45) is 5.92 Å². The molecule has 0 fully saturated rings. The summed E-state index contributed by atoms with van der Waals surface area (Å²) >= 11 is 0. The van der Waals surface area contributed by atoms with Crippen LogP contribution < -0.4 is 0 Å². The van der Waals surface area contributed by atoms with Crippen LogP contribution in [-0.4, -0.2) is 35.6 Å². The number of carboxylic acids is 1. The first-order chi connectivity index (χ1) is 8.40. The molecular formula is C14H20FNO2. The number of carbonyl (C=O) groups is 1. The molecule has 3 nitrogen and oxygen atoms in total. The third-order valence-electron chi connectivity index (χ3n) is 3.18. The van der Waals surface area contributed by atoms with Crippen molar-refractivity contribution in [2.45, 2.75) is 26.3 Å². The second-order valence-corrected chi connectivity index (χ2v) is 4.86. The fraction of sp³-hybridized carbons (Fsp3) is 0.500. The molecule has 4 heteroatoms. The molecule has 0 saturated carbocycles. The van der Waals surface area contributed by atoms with Crippen molar-refractivity contribution >= 4 is 5.97 Å². The molecule has 2 unspecified atom stereocenters. The Labute approximate surface area is 107 Å². The highest BCUT2D eigenvalue weighted by molar-refractivity contribution is 5.69. The molecule has 1 aromatic rings. The molecule has 0 aromatic heterocycles. The Morgan fingerprint density at radius 3 is 2.39 bits per heavy atom. The quantitative estimate of drug-likeness (QED) is 0.846. The summed E-state index contributed by atoms with van der Waals surface area (Å²) in [5, 5.41) is 8.86. The van der Waals surface area contributed by atoms with E-state index in [0.717, 1.165) is 12.0 Å². The summed E-state index contributed by atoms with van der Waals surface area (Å²) in [6.45, 7) is 4.25. The van der Waals surface area contributed by atoms with Crippen molar-refractivity contribution in [3.05, 3.63) is 35.6 Å². The maximum Gasteiger partial charge on any atom is 0.307 e. The lowest BCUT2D eigenvalue weighted by atomic mass is 10.0. The lowest BCUT2D eigenvalue weighted by Gasteiger charge is -2.26. The minimum atomic E-state index is -0.782. The molecule has 0 aliphatic carbocycles. The summed E-state index contributed by atoms with van der Waals surface area (Å²) in [5.74, 6) is -1.40.